The third-order valence-electron chi connectivity index (χ3n) is 5.48. The van der Waals surface area contributed by atoms with Gasteiger partial charge < -0.3 is 20.5 Å². The van der Waals surface area contributed by atoms with Crippen molar-refractivity contribution in [3.05, 3.63) is 11.3 Å². The van der Waals surface area contributed by atoms with E-state index in [9.17, 15) is 5.11 Å². The Bertz CT molecular complexity index is 566. The lowest BCUT2D eigenvalue weighted by Gasteiger charge is -2.36. The highest BCUT2D eigenvalue weighted by molar-refractivity contribution is 5.53. The molecule has 2 fully saturated rings. The van der Waals surface area contributed by atoms with Gasteiger partial charge in [0.05, 0.1) is 13.2 Å². The molecule has 0 amide bonds. The summed E-state index contributed by atoms with van der Waals surface area (Å²) in [6.45, 7) is 7.57. The van der Waals surface area contributed by atoms with E-state index >= 15 is 0 Å². The van der Waals surface area contributed by atoms with Crippen LogP contribution in [0.5, 0.6) is 0 Å². The van der Waals surface area contributed by atoms with Crippen molar-refractivity contribution in [2.75, 3.05) is 43.5 Å². The van der Waals surface area contributed by atoms with Gasteiger partial charge in [0.15, 0.2) is 0 Å². The number of nitrogen functional groups attached to an aromatic ring is 1. The van der Waals surface area contributed by atoms with Crippen LogP contribution in [-0.2, 0) is 11.2 Å². The lowest BCUT2D eigenvalue weighted by Crippen LogP contribution is -2.41. The number of aliphatic hydroxyl groups excluding tert-OH is 1. The van der Waals surface area contributed by atoms with Crippen molar-refractivity contribution < 1.29 is 9.84 Å². The Balaban J connectivity index is 1.92. The van der Waals surface area contributed by atoms with Gasteiger partial charge in [-0.2, -0.15) is 4.98 Å². The predicted octanol–water partition coefficient (Wildman–Crippen LogP) is 1.55. The molecule has 2 saturated heterocycles. The van der Waals surface area contributed by atoms with E-state index in [1.54, 1.807) is 0 Å². The molecule has 0 unspecified atom stereocenters. The fourth-order valence-corrected chi connectivity index (χ4v) is 3.98. The van der Waals surface area contributed by atoms with Crippen molar-refractivity contribution in [3.8, 4) is 0 Å². The molecule has 23 heavy (non-hydrogen) atoms. The Morgan fingerprint density at radius 2 is 2.26 bits per heavy atom. The molecule has 2 aliphatic rings. The van der Waals surface area contributed by atoms with Gasteiger partial charge in [0.2, 0.25) is 5.95 Å². The van der Waals surface area contributed by atoms with E-state index in [4.69, 9.17) is 10.5 Å². The second kappa shape index (κ2) is 6.61. The van der Waals surface area contributed by atoms with Crippen LogP contribution in [0.2, 0.25) is 0 Å². The summed E-state index contributed by atoms with van der Waals surface area (Å²) in [7, 11) is 0. The second-order valence-electron chi connectivity index (χ2n) is 7.00. The van der Waals surface area contributed by atoms with Gasteiger partial charge in [-0.3, -0.25) is 0 Å². The summed E-state index contributed by atoms with van der Waals surface area (Å²) in [5.74, 6) is 1.66. The number of aromatic nitrogens is 2. The van der Waals surface area contributed by atoms with Gasteiger partial charge in [-0.1, -0.05) is 13.3 Å². The van der Waals surface area contributed by atoms with Gasteiger partial charge in [0, 0.05) is 42.3 Å². The number of aryl methyl sites for hydroxylation is 1. The quantitative estimate of drug-likeness (QED) is 0.856. The smallest absolute Gasteiger partial charge is 0.222 e. The number of nitrogens with two attached hydrogens (primary N) is 1. The molecule has 2 aliphatic heterocycles. The largest absolute Gasteiger partial charge is 0.396 e. The SMILES string of the molecule is CCCCc1c(C)nc(N)nc1N1C[C@@H]2COCC[C@]2(CO)C1. The summed E-state index contributed by atoms with van der Waals surface area (Å²) in [4.78, 5) is 11.2. The molecule has 2 atom stereocenters. The van der Waals surface area contributed by atoms with Crippen molar-refractivity contribution in [1.29, 1.82) is 0 Å². The molecule has 0 spiro atoms. The Hall–Kier alpha value is -1.40. The van der Waals surface area contributed by atoms with Crippen LogP contribution in [0.25, 0.3) is 0 Å². The first kappa shape index (κ1) is 16.5. The number of unbranched alkanes of at least 4 members (excludes halogenated alkanes) is 1. The van der Waals surface area contributed by atoms with Crippen molar-refractivity contribution in [2.24, 2.45) is 11.3 Å². The van der Waals surface area contributed by atoms with E-state index in [1.807, 2.05) is 6.92 Å². The number of ether oxygens (including phenoxy) is 1. The molecule has 6 heteroatoms. The highest BCUT2D eigenvalue weighted by Crippen LogP contribution is 2.43. The molecule has 3 N–H and O–H groups in total. The molecular formula is C17H28N4O2. The highest BCUT2D eigenvalue weighted by atomic mass is 16.5. The van der Waals surface area contributed by atoms with Gasteiger partial charge in [-0.05, 0) is 26.2 Å². The zero-order valence-electron chi connectivity index (χ0n) is 14.2. The van der Waals surface area contributed by atoms with Gasteiger partial charge in [0.1, 0.15) is 5.82 Å². The third-order valence-corrected chi connectivity index (χ3v) is 5.48. The Morgan fingerprint density at radius 1 is 1.43 bits per heavy atom. The molecule has 0 radical (unpaired) electrons. The number of anilines is 2. The van der Waals surface area contributed by atoms with Gasteiger partial charge >= 0.3 is 0 Å². The third kappa shape index (κ3) is 3.02. The van der Waals surface area contributed by atoms with Crippen LogP contribution in [-0.4, -0.2) is 48.0 Å². The topological polar surface area (TPSA) is 84.5 Å². The predicted molar refractivity (Wildman–Crippen MR) is 90.5 cm³/mol. The summed E-state index contributed by atoms with van der Waals surface area (Å²) in [6.07, 6.45) is 4.14. The van der Waals surface area contributed by atoms with Gasteiger partial charge in [0.25, 0.3) is 0 Å². The average Bonchev–Trinajstić information content (AvgIpc) is 2.93. The van der Waals surface area contributed by atoms with E-state index in [0.717, 1.165) is 63.5 Å². The van der Waals surface area contributed by atoms with Crippen molar-refractivity contribution >= 4 is 11.8 Å². The fourth-order valence-electron chi connectivity index (χ4n) is 3.98. The zero-order valence-corrected chi connectivity index (χ0v) is 14.2. The van der Waals surface area contributed by atoms with Crippen LogP contribution >= 0.6 is 0 Å². The number of aliphatic hydroxyl groups is 1. The molecule has 1 aromatic rings. The minimum absolute atomic E-state index is 0.0616. The maximum Gasteiger partial charge on any atom is 0.222 e. The number of hydrogen-bond donors (Lipinski definition) is 2. The second-order valence-corrected chi connectivity index (χ2v) is 7.00. The number of fused-ring (bicyclic) bond motifs is 1. The lowest BCUT2D eigenvalue weighted by molar-refractivity contribution is -0.0410. The van der Waals surface area contributed by atoms with E-state index in [-0.39, 0.29) is 12.0 Å². The summed E-state index contributed by atoms with van der Waals surface area (Å²) in [6, 6.07) is 0. The van der Waals surface area contributed by atoms with Crippen LogP contribution in [0.3, 0.4) is 0 Å². The maximum atomic E-state index is 10.00. The molecule has 6 nitrogen and oxygen atoms in total. The molecule has 0 aromatic carbocycles. The molecule has 3 rings (SSSR count). The number of hydrogen-bond acceptors (Lipinski definition) is 6. The van der Waals surface area contributed by atoms with E-state index in [1.165, 1.54) is 5.56 Å². The zero-order chi connectivity index (χ0) is 16.4. The monoisotopic (exact) mass is 320 g/mol. The Kier molecular flexibility index (Phi) is 4.73. The summed E-state index contributed by atoms with van der Waals surface area (Å²) in [5, 5.41) is 10.00. The maximum absolute atomic E-state index is 10.00. The van der Waals surface area contributed by atoms with Crippen LogP contribution in [0.15, 0.2) is 0 Å². The minimum Gasteiger partial charge on any atom is -0.396 e. The van der Waals surface area contributed by atoms with Crippen LogP contribution in [0.1, 0.15) is 37.4 Å². The summed E-state index contributed by atoms with van der Waals surface area (Å²) >= 11 is 0. The van der Waals surface area contributed by atoms with Gasteiger partial charge in [-0.25, -0.2) is 4.98 Å². The van der Waals surface area contributed by atoms with Crippen molar-refractivity contribution in [1.82, 2.24) is 9.97 Å². The van der Waals surface area contributed by atoms with Crippen LogP contribution < -0.4 is 10.6 Å². The molecule has 128 valence electrons. The van der Waals surface area contributed by atoms with Crippen LogP contribution in [0.4, 0.5) is 11.8 Å². The molecule has 0 saturated carbocycles. The standard InChI is InChI=1S/C17H28N4O2/c1-3-4-5-14-12(2)19-16(18)20-15(14)21-8-13-9-23-7-6-17(13,10-21)11-22/h13,22H,3-11H2,1-2H3,(H2,18,19,20)/t13-,17-/m1/s1. The van der Waals surface area contributed by atoms with E-state index in [0.29, 0.717) is 11.9 Å². The lowest BCUT2D eigenvalue weighted by atomic mass is 9.75. The first-order chi connectivity index (χ1) is 11.1. The van der Waals surface area contributed by atoms with Crippen LogP contribution in [0, 0.1) is 18.3 Å². The Labute approximate surface area is 138 Å². The number of nitrogens with zero attached hydrogens (tertiary/aromatic N) is 3. The van der Waals surface area contributed by atoms with E-state index < -0.39 is 0 Å². The summed E-state index contributed by atoms with van der Waals surface area (Å²) < 4.78 is 5.64. The highest BCUT2D eigenvalue weighted by Gasteiger charge is 2.48. The molecule has 0 bridgehead atoms. The summed E-state index contributed by atoms with van der Waals surface area (Å²) in [5.41, 5.74) is 8.03. The number of rotatable bonds is 5. The minimum atomic E-state index is -0.0616. The van der Waals surface area contributed by atoms with Gasteiger partial charge in [-0.15, -0.1) is 0 Å². The fraction of sp³-hybridized carbons (Fsp3) is 0.765. The normalized spacial score (nSPS) is 27.3. The molecule has 1 aromatic heterocycles. The average molecular weight is 320 g/mol. The van der Waals surface area contributed by atoms with Crippen molar-refractivity contribution in [2.45, 2.75) is 39.5 Å². The molecular weight excluding hydrogens is 292 g/mol. The molecule has 3 heterocycles. The Morgan fingerprint density at radius 3 is 2.96 bits per heavy atom. The first-order valence-electron chi connectivity index (χ1n) is 8.66. The van der Waals surface area contributed by atoms with Crippen molar-refractivity contribution in [3.63, 3.8) is 0 Å². The van der Waals surface area contributed by atoms with E-state index in [2.05, 4.69) is 21.8 Å². The first-order valence-corrected chi connectivity index (χ1v) is 8.66. The molecule has 0 aliphatic carbocycles.